The Labute approximate surface area is 257 Å². The van der Waals surface area contributed by atoms with E-state index in [-0.39, 0.29) is 31.2 Å². The zero-order chi connectivity index (χ0) is 31.8. The number of alkyl halides is 2. The predicted octanol–water partition coefficient (Wildman–Crippen LogP) is 5.56. The summed E-state index contributed by atoms with van der Waals surface area (Å²) >= 11 is 0. The minimum absolute atomic E-state index is 0.124. The molecule has 1 saturated heterocycles. The molecule has 0 radical (unpaired) electrons. The molecule has 2 fully saturated rings. The van der Waals surface area contributed by atoms with Crippen LogP contribution in [-0.2, 0) is 25.5 Å². The Bertz CT molecular complexity index is 1400. The van der Waals surface area contributed by atoms with Crippen LogP contribution in [0.25, 0.3) is 11.0 Å². The van der Waals surface area contributed by atoms with Crippen LogP contribution in [0, 0.1) is 23.2 Å². The van der Waals surface area contributed by atoms with E-state index < -0.39 is 53.8 Å². The topological polar surface area (TPSA) is 108 Å². The lowest BCUT2D eigenvalue weighted by Gasteiger charge is -2.34. The fraction of sp³-hybridized carbons (Fsp3) is 0.667. The van der Waals surface area contributed by atoms with Gasteiger partial charge in [-0.05, 0) is 36.8 Å². The van der Waals surface area contributed by atoms with Crippen molar-refractivity contribution in [2.75, 3.05) is 13.7 Å². The van der Waals surface area contributed by atoms with Crippen LogP contribution in [0.3, 0.4) is 0 Å². The molecular weight excluding hydrogens is 572 g/mol. The van der Waals surface area contributed by atoms with Crippen molar-refractivity contribution < 1.29 is 37.4 Å². The second-order valence-electron chi connectivity index (χ2n) is 13.7. The maximum atomic E-state index is 14.5. The highest BCUT2D eigenvalue weighted by Gasteiger charge is 2.50. The Morgan fingerprint density at radius 2 is 1.82 bits per heavy atom. The largest absolute Gasteiger partial charge is 0.497 e. The summed E-state index contributed by atoms with van der Waals surface area (Å²) in [5, 5.41) is 0. The summed E-state index contributed by atoms with van der Waals surface area (Å²) in [5.41, 5.74) is 1.27. The summed E-state index contributed by atoms with van der Waals surface area (Å²) in [6.45, 7) is 7.51. The number of aryl methyl sites for hydroxylation is 1. The van der Waals surface area contributed by atoms with Crippen LogP contribution in [0.1, 0.15) is 78.3 Å². The highest BCUT2D eigenvalue weighted by Crippen LogP contribution is 2.44. The third-order valence-electron chi connectivity index (χ3n) is 9.53. The van der Waals surface area contributed by atoms with Gasteiger partial charge in [-0.2, -0.15) is 0 Å². The highest BCUT2D eigenvalue weighted by atomic mass is 19.3. The van der Waals surface area contributed by atoms with E-state index in [1.807, 2.05) is 39.8 Å². The maximum Gasteiger partial charge on any atom is 0.306 e. The molecule has 5 rings (SSSR count). The van der Waals surface area contributed by atoms with E-state index in [9.17, 15) is 23.2 Å². The molecular formula is C33H43F2N3O6. The van der Waals surface area contributed by atoms with Crippen LogP contribution in [0.2, 0.25) is 0 Å². The number of nitrogens with zero attached hydrogens (tertiary/aromatic N) is 3. The van der Waals surface area contributed by atoms with E-state index in [0.29, 0.717) is 47.6 Å². The van der Waals surface area contributed by atoms with Gasteiger partial charge in [0.2, 0.25) is 11.8 Å². The zero-order valence-corrected chi connectivity index (χ0v) is 26.2. The van der Waals surface area contributed by atoms with Crippen molar-refractivity contribution in [1.29, 1.82) is 0 Å². The van der Waals surface area contributed by atoms with Gasteiger partial charge in [-0.25, -0.2) is 18.7 Å². The van der Waals surface area contributed by atoms with Crippen molar-refractivity contribution in [2.24, 2.45) is 23.2 Å². The maximum absolute atomic E-state index is 14.5. The number of aromatic nitrogens is 2. The van der Waals surface area contributed by atoms with E-state index in [0.717, 1.165) is 19.1 Å². The summed E-state index contributed by atoms with van der Waals surface area (Å²) in [5.74, 6) is -4.61. The van der Waals surface area contributed by atoms with Crippen molar-refractivity contribution in [3.63, 3.8) is 0 Å². The summed E-state index contributed by atoms with van der Waals surface area (Å²) in [4.78, 5) is 50.8. The second kappa shape index (κ2) is 12.6. The second-order valence-corrected chi connectivity index (χ2v) is 13.7. The van der Waals surface area contributed by atoms with Crippen LogP contribution >= 0.6 is 0 Å². The van der Waals surface area contributed by atoms with Gasteiger partial charge in [-0.15, -0.1) is 0 Å². The Hall–Kier alpha value is -3.37. The molecule has 240 valence electrons. The van der Waals surface area contributed by atoms with Gasteiger partial charge < -0.3 is 23.9 Å². The summed E-state index contributed by atoms with van der Waals surface area (Å²) in [6, 6.07) is 4.66. The molecule has 1 amide bonds. The minimum Gasteiger partial charge on any atom is -0.497 e. The third kappa shape index (κ3) is 6.81. The van der Waals surface area contributed by atoms with Crippen LogP contribution in [0.15, 0.2) is 18.2 Å². The smallest absolute Gasteiger partial charge is 0.306 e. The molecule has 0 spiro atoms. The summed E-state index contributed by atoms with van der Waals surface area (Å²) in [6.07, 6.45) is 1.48. The van der Waals surface area contributed by atoms with Crippen LogP contribution < -0.4 is 9.47 Å². The molecule has 1 aromatic carbocycles. The van der Waals surface area contributed by atoms with Crippen molar-refractivity contribution in [3.05, 3.63) is 23.9 Å². The van der Waals surface area contributed by atoms with Crippen molar-refractivity contribution >= 4 is 29.2 Å². The van der Waals surface area contributed by atoms with E-state index in [4.69, 9.17) is 24.2 Å². The Kier molecular flexibility index (Phi) is 9.14. The van der Waals surface area contributed by atoms with Gasteiger partial charge >= 0.3 is 5.97 Å². The van der Waals surface area contributed by atoms with Crippen LogP contribution in [0.4, 0.5) is 8.78 Å². The molecule has 1 aromatic heterocycles. The van der Waals surface area contributed by atoms with E-state index >= 15 is 0 Å². The molecule has 9 nitrogen and oxygen atoms in total. The first-order valence-corrected chi connectivity index (χ1v) is 15.6. The molecule has 1 saturated carbocycles. The molecule has 0 N–H and O–H groups in total. The molecule has 44 heavy (non-hydrogen) atoms. The molecule has 3 heterocycles. The number of hydrogen-bond donors (Lipinski definition) is 0. The van der Waals surface area contributed by atoms with Gasteiger partial charge in [0.15, 0.2) is 0 Å². The van der Waals surface area contributed by atoms with Crippen LogP contribution in [-0.4, -0.2) is 70.9 Å². The van der Waals surface area contributed by atoms with Crippen LogP contribution in [0.5, 0.6) is 11.6 Å². The summed E-state index contributed by atoms with van der Waals surface area (Å²) in [7, 11) is 1.57. The number of carbonyl (C=O) groups excluding carboxylic acids is 3. The minimum atomic E-state index is -2.90. The van der Waals surface area contributed by atoms with Gasteiger partial charge in [0.05, 0.1) is 43.1 Å². The number of benzene rings is 1. The standard InChI is InChI=1S/C33H43F2N3O6/c1-19-26(18-39)38-17-28(19)44-30-24(36-23-12-11-21(42-5)13-25(23)37-30)10-8-6-7-9-20-15-33(34,35)16-27(20)43-29(40)14-22(31(38)41)32(2,3)4/h11-13,18-20,22,26-28H,6-10,14-17H2,1-5H3/t19-,20+,22+,26+,27+,28-/m0/s1. The van der Waals surface area contributed by atoms with E-state index in [2.05, 4.69) is 0 Å². The highest BCUT2D eigenvalue weighted by molar-refractivity contribution is 5.87. The van der Waals surface area contributed by atoms with Crippen molar-refractivity contribution in [3.8, 4) is 11.6 Å². The number of rotatable bonds is 2. The van der Waals surface area contributed by atoms with Gasteiger partial charge in [-0.1, -0.05) is 40.5 Å². The molecule has 6 atom stereocenters. The third-order valence-corrected chi connectivity index (χ3v) is 9.53. The normalized spacial score (nSPS) is 30.0. The Morgan fingerprint density at radius 1 is 1.05 bits per heavy atom. The number of ether oxygens (including phenoxy) is 3. The molecule has 2 aliphatic heterocycles. The monoisotopic (exact) mass is 615 g/mol. The lowest BCUT2D eigenvalue weighted by atomic mass is 9.77. The molecule has 11 heteroatoms. The lowest BCUT2D eigenvalue weighted by Crippen LogP contribution is -2.46. The molecule has 1 aliphatic carbocycles. The number of hydrogen-bond acceptors (Lipinski definition) is 8. The Balaban J connectivity index is 1.51. The molecule has 2 bridgehead atoms. The van der Waals surface area contributed by atoms with Gasteiger partial charge in [0.25, 0.3) is 5.92 Å². The van der Waals surface area contributed by atoms with E-state index in [1.54, 1.807) is 13.2 Å². The molecule has 0 unspecified atom stereocenters. The van der Waals surface area contributed by atoms with Crippen molar-refractivity contribution in [1.82, 2.24) is 14.9 Å². The first-order valence-electron chi connectivity index (χ1n) is 15.6. The number of aldehydes is 1. The number of esters is 1. The number of amides is 1. The average molecular weight is 616 g/mol. The number of carbonyl (C=O) groups is 3. The SMILES string of the molecule is COc1ccc2nc3c(nc2c1)O[C@H]1CN(C(=O)[C@H](C(C)(C)C)CC(=O)O[C@@H]2CC(F)(F)C[C@H]2CCCCC3)[C@H](C=O)[C@@H]1C. The fourth-order valence-electron chi connectivity index (χ4n) is 6.86. The predicted molar refractivity (Wildman–Crippen MR) is 159 cm³/mol. The molecule has 3 aliphatic rings. The number of fused-ring (bicyclic) bond motifs is 5. The van der Waals surface area contributed by atoms with Gasteiger partial charge in [0.1, 0.15) is 29.9 Å². The average Bonchev–Trinajstić information content (AvgIpc) is 3.43. The number of halogens is 2. The fourth-order valence-corrected chi connectivity index (χ4v) is 6.86. The van der Waals surface area contributed by atoms with Crippen molar-refractivity contribution in [2.45, 2.75) is 103 Å². The van der Waals surface area contributed by atoms with Gasteiger partial charge in [-0.3, -0.25) is 9.59 Å². The van der Waals surface area contributed by atoms with E-state index in [1.165, 1.54) is 4.90 Å². The van der Waals surface area contributed by atoms with Gasteiger partial charge in [0, 0.05) is 30.7 Å². The first-order chi connectivity index (χ1) is 20.8. The zero-order valence-electron chi connectivity index (χ0n) is 26.2. The lowest BCUT2D eigenvalue weighted by molar-refractivity contribution is -0.158. The Morgan fingerprint density at radius 3 is 2.52 bits per heavy atom. The molecule has 2 aromatic rings. The quantitative estimate of drug-likeness (QED) is 0.319. The first kappa shape index (κ1) is 32.0. The number of methoxy groups -OCH3 is 1. The summed E-state index contributed by atoms with van der Waals surface area (Å²) < 4.78 is 46.5.